The summed E-state index contributed by atoms with van der Waals surface area (Å²) >= 11 is 5.87. The highest BCUT2D eigenvalue weighted by Crippen LogP contribution is 2.28. The van der Waals surface area contributed by atoms with E-state index in [4.69, 9.17) is 21.1 Å². The molecule has 1 amide bonds. The number of aromatic hydroxyl groups is 1. The van der Waals surface area contributed by atoms with Gasteiger partial charge in [0.15, 0.2) is 0 Å². The van der Waals surface area contributed by atoms with Crippen molar-refractivity contribution >= 4 is 38.9 Å². The van der Waals surface area contributed by atoms with Crippen molar-refractivity contribution in [2.24, 2.45) is 0 Å². The molecule has 29 heavy (non-hydrogen) atoms. The molecule has 2 rings (SSSR count). The number of benzene rings is 2. The average Bonchev–Trinajstić information content (AvgIpc) is 2.66. The van der Waals surface area contributed by atoms with E-state index in [0.29, 0.717) is 18.2 Å². The van der Waals surface area contributed by atoms with Crippen LogP contribution in [0.2, 0.25) is 5.02 Å². The summed E-state index contributed by atoms with van der Waals surface area (Å²) in [7, 11) is -3.96. The Balaban J connectivity index is 2.11. The number of hydrogen-bond acceptors (Lipinski definition) is 6. The molecule has 10 heteroatoms. The maximum absolute atomic E-state index is 12.6. The minimum Gasteiger partial charge on any atom is -0.506 e. The second-order valence-electron chi connectivity index (χ2n) is 5.99. The van der Waals surface area contributed by atoms with Crippen molar-refractivity contribution in [1.82, 2.24) is 0 Å². The first kappa shape index (κ1) is 23.0. The fourth-order valence-electron chi connectivity index (χ4n) is 2.29. The summed E-state index contributed by atoms with van der Waals surface area (Å²) in [6.45, 7) is 4.51. The molecule has 0 aliphatic heterocycles. The summed E-state index contributed by atoms with van der Waals surface area (Å²) in [5, 5.41) is 12.8. The summed E-state index contributed by atoms with van der Waals surface area (Å²) in [5.41, 5.74) is 0.233. The second kappa shape index (κ2) is 10.4. The molecular formula is C19H23ClN2O6S. The zero-order valence-electron chi connectivity index (χ0n) is 16.0. The predicted octanol–water partition coefficient (Wildman–Crippen LogP) is 3.23. The smallest absolute Gasteiger partial charge is 0.261 e. The number of hydrogen-bond donors (Lipinski definition) is 3. The van der Waals surface area contributed by atoms with Gasteiger partial charge in [0, 0.05) is 11.6 Å². The van der Waals surface area contributed by atoms with Gasteiger partial charge in [-0.15, -0.1) is 0 Å². The average molecular weight is 443 g/mol. The highest BCUT2D eigenvalue weighted by Gasteiger charge is 2.19. The SMILES string of the molecule is CCOCCOC(C)C(=O)Nc1cc(S(=O)(=O)Nc2cccc(Cl)c2)ccc1O. The fourth-order valence-corrected chi connectivity index (χ4v) is 3.55. The number of carbonyl (C=O) groups is 1. The fraction of sp³-hybridized carbons (Fsp3) is 0.316. The van der Waals surface area contributed by atoms with Gasteiger partial charge in [0.1, 0.15) is 11.9 Å². The monoisotopic (exact) mass is 442 g/mol. The van der Waals surface area contributed by atoms with Gasteiger partial charge in [-0.05, 0) is 50.2 Å². The van der Waals surface area contributed by atoms with E-state index in [2.05, 4.69) is 10.0 Å². The lowest BCUT2D eigenvalue weighted by atomic mass is 10.2. The molecule has 0 aliphatic rings. The highest BCUT2D eigenvalue weighted by molar-refractivity contribution is 7.92. The Bertz CT molecular complexity index is 951. The third-order valence-corrected chi connectivity index (χ3v) is 5.40. The number of phenols is 1. The van der Waals surface area contributed by atoms with Crippen molar-refractivity contribution in [2.45, 2.75) is 24.8 Å². The number of carbonyl (C=O) groups excluding carboxylic acids is 1. The van der Waals surface area contributed by atoms with E-state index in [0.717, 1.165) is 6.07 Å². The zero-order valence-corrected chi connectivity index (χ0v) is 17.6. The van der Waals surface area contributed by atoms with Crippen LogP contribution in [0.5, 0.6) is 5.75 Å². The first-order valence-electron chi connectivity index (χ1n) is 8.84. The van der Waals surface area contributed by atoms with Gasteiger partial charge in [-0.3, -0.25) is 9.52 Å². The molecular weight excluding hydrogens is 420 g/mol. The third kappa shape index (κ3) is 6.90. The molecule has 3 N–H and O–H groups in total. The maximum atomic E-state index is 12.6. The van der Waals surface area contributed by atoms with E-state index in [1.807, 2.05) is 6.92 Å². The van der Waals surface area contributed by atoms with Crippen LogP contribution >= 0.6 is 11.6 Å². The molecule has 0 radical (unpaired) electrons. The Labute approximate surface area is 174 Å². The van der Waals surface area contributed by atoms with Crippen molar-refractivity contribution in [3.05, 3.63) is 47.5 Å². The molecule has 0 saturated heterocycles. The van der Waals surface area contributed by atoms with Gasteiger partial charge < -0.3 is 19.9 Å². The van der Waals surface area contributed by atoms with Crippen molar-refractivity contribution in [1.29, 1.82) is 0 Å². The molecule has 0 bridgehead atoms. The largest absolute Gasteiger partial charge is 0.506 e. The van der Waals surface area contributed by atoms with Crippen molar-refractivity contribution in [2.75, 3.05) is 29.9 Å². The van der Waals surface area contributed by atoms with Gasteiger partial charge in [-0.2, -0.15) is 0 Å². The summed E-state index contributed by atoms with van der Waals surface area (Å²) in [4.78, 5) is 12.1. The molecule has 8 nitrogen and oxygen atoms in total. The Morgan fingerprint density at radius 1 is 1.21 bits per heavy atom. The summed E-state index contributed by atoms with van der Waals surface area (Å²) < 4.78 is 38.1. The molecule has 0 aliphatic carbocycles. The lowest BCUT2D eigenvalue weighted by Gasteiger charge is -2.15. The van der Waals surface area contributed by atoms with Crippen LogP contribution in [0, 0.1) is 0 Å². The van der Waals surface area contributed by atoms with E-state index in [1.165, 1.54) is 18.2 Å². The van der Waals surface area contributed by atoms with Gasteiger partial charge in [-0.1, -0.05) is 17.7 Å². The standard InChI is InChI=1S/C19H23ClN2O6S/c1-3-27-9-10-28-13(2)19(24)21-17-12-16(7-8-18(17)23)29(25,26)22-15-6-4-5-14(20)11-15/h4-8,11-13,22-23H,3,9-10H2,1-2H3,(H,21,24). The number of sulfonamides is 1. The van der Waals surface area contributed by atoms with Gasteiger partial charge in [0.2, 0.25) is 0 Å². The Kier molecular flexibility index (Phi) is 8.27. The molecule has 1 unspecified atom stereocenters. The van der Waals surface area contributed by atoms with E-state index in [-0.39, 0.29) is 28.6 Å². The molecule has 2 aromatic rings. The van der Waals surface area contributed by atoms with Crippen LogP contribution in [-0.4, -0.2) is 45.4 Å². The topological polar surface area (TPSA) is 114 Å². The molecule has 0 heterocycles. The zero-order chi connectivity index (χ0) is 21.4. The quantitative estimate of drug-likeness (QED) is 0.384. The second-order valence-corrected chi connectivity index (χ2v) is 8.11. The van der Waals surface area contributed by atoms with E-state index >= 15 is 0 Å². The maximum Gasteiger partial charge on any atom is 0.261 e. The molecule has 1 atom stereocenters. The van der Waals surface area contributed by atoms with Crippen LogP contribution < -0.4 is 10.0 Å². The Morgan fingerprint density at radius 3 is 2.66 bits per heavy atom. The number of anilines is 2. The van der Waals surface area contributed by atoms with Crippen molar-refractivity contribution in [3.8, 4) is 5.75 Å². The van der Waals surface area contributed by atoms with Crippen molar-refractivity contribution in [3.63, 3.8) is 0 Å². The summed E-state index contributed by atoms with van der Waals surface area (Å²) in [6, 6.07) is 9.80. The van der Waals surface area contributed by atoms with Gasteiger partial charge in [0.05, 0.1) is 29.5 Å². The lowest BCUT2D eigenvalue weighted by molar-refractivity contribution is -0.127. The lowest BCUT2D eigenvalue weighted by Crippen LogP contribution is -2.29. The van der Waals surface area contributed by atoms with Crippen LogP contribution in [0.25, 0.3) is 0 Å². The first-order chi connectivity index (χ1) is 13.7. The number of nitrogens with one attached hydrogen (secondary N) is 2. The highest BCUT2D eigenvalue weighted by atomic mass is 35.5. The number of ether oxygens (including phenoxy) is 2. The van der Waals surface area contributed by atoms with Crippen LogP contribution in [0.1, 0.15) is 13.8 Å². The molecule has 158 valence electrons. The predicted molar refractivity (Wildman–Crippen MR) is 111 cm³/mol. The molecule has 0 saturated carbocycles. The van der Waals surface area contributed by atoms with E-state index < -0.39 is 22.0 Å². The third-order valence-electron chi connectivity index (χ3n) is 3.78. The molecule has 0 fully saturated rings. The minimum absolute atomic E-state index is 0.0516. The Morgan fingerprint density at radius 2 is 1.97 bits per heavy atom. The van der Waals surface area contributed by atoms with Gasteiger partial charge in [-0.25, -0.2) is 8.42 Å². The molecule has 2 aromatic carbocycles. The first-order valence-corrected chi connectivity index (χ1v) is 10.7. The number of halogens is 1. The summed E-state index contributed by atoms with van der Waals surface area (Å²) in [6.07, 6.45) is -0.820. The van der Waals surface area contributed by atoms with E-state index in [1.54, 1.807) is 25.1 Å². The van der Waals surface area contributed by atoms with Gasteiger partial charge in [0.25, 0.3) is 15.9 Å². The van der Waals surface area contributed by atoms with Crippen LogP contribution in [0.4, 0.5) is 11.4 Å². The van der Waals surface area contributed by atoms with Crippen LogP contribution in [0.3, 0.4) is 0 Å². The molecule has 0 spiro atoms. The number of amides is 1. The molecule has 0 aromatic heterocycles. The number of rotatable bonds is 10. The van der Waals surface area contributed by atoms with Gasteiger partial charge >= 0.3 is 0 Å². The van der Waals surface area contributed by atoms with Crippen molar-refractivity contribution < 1.29 is 27.8 Å². The van der Waals surface area contributed by atoms with E-state index in [9.17, 15) is 18.3 Å². The Hall–Kier alpha value is -2.33. The normalized spacial score (nSPS) is 12.4. The van der Waals surface area contributed by atoms with Crippen LogP contribution in [-0.2, 0) is 24.3 Å². The van der Waals surface area contributed by atoms with Crippen LogP contribution in [0.15, 0.2) is 47.4 Å². The summed E-state index contributed by atoms with van der Waals surface area (Å²) in [5.74, 6) is -0.810. The minimum atomic E-state index is -3.96. The number of phenolic OH excluding ortho intramolecular Hbond substituents is 1.